The standard InChI is InChI=1S/C33H68O8/c1-10-20-36-24-25-39-31(7,12-3)18-23-40-33(9,14-5)30(6,11-2)28-41-32(8,13-4)17-22-38-27-29(35)26-37-21-16-15-19-34/h29,34-35H,10-28H2,1-9H3. The van der Waals surface area contributed by atoms with Crippen molar-refractivity contribution >= 4 is 0 Å². The quantitative estimate of drug-likeness (QED) is 0.0973. The maximum absolute atomic E-state index is 10.1. The van der Waals surface area contributed by atoms with E-state index >= 15 is 0 Å². The minimum Gasteiger partial charge on any atom is -0.396 e. The molecule has 0 rings (SSSR count). The van der Waals surface area contributed by atoms with E-state index in [4.69, 9.17) is 33.5 Å². The third-order valence-electron chi connectivity index (χ3n) is 9.14. The first kappa shape index (κ1) is 40.7. The highest BCUT2D eigenvalue weighted by molar-refractivity contribution is 4.94. The number of rotatable bonds is 29. The van der Waals surface area contributed by atoms with Crippen molar-refractivity contribution in [2.45, 2.75) is 143 Å². The van der Waals surface area contributed by atoms with Crippen LogP contribution in [0.1, 0.15) is 120 Å². The fraction of sp³-hybridized carbons (Fsp3) is 1.00. The summed E-state index contributed by atoms with van der Waals surface area (Å²) in [7, 11) is 0. The molecule has 0 aliphatic rings. The molecule has 0 aromatic carbocycles. The first-order valence-electron chi connectivity index (χ1n) is 16.4. The summed E-state index contributed by atoms with van der Waals surface area (Å²) in [5.41, 5.74) is -1.07. The van der Waals surface area contributed by atoms with Gasteiger partial charge in [-0.25, -0.2) is 0 Å². The zero-order valence-corrected chi connectivity index (χ0v) is 28.4. The van der Waals surface area contributed by atoms with E-state index in [1.807, 2.05) is 0 Å². The van der Waals surface area contributed by atoms with E-state index in [0.29, 0.717) is 46.1 Å². The van der Waals surface area contributed by atoms with Crippen LogP contribution in [0.5, 0.6) is 0 Å². The fourth-order valence-corrected chi connectivity index (χ4v) is 4.54. The molecule has 0 saturated carbocycles. The highest BCUT2D eigenvalue weighted by Gasteiger charge is 2.45. The second-order valence-electron chi connectivity index (χ2n) is 12.4. The largest absolute Gasteiger partial charge is 0.396 e. The molecule has 0 radical (unpaired) electrons. The summed E-state index contributed by atoms with van der Waals surface area (Å²) in [4.78, 5) is 0. The van der Waals surface area contributed by atoms with Crippen molar-refractivity contribution < 1.29 is 38.6 Å². The molecule has 0 aliphatic carbocycles. The van der Waals surface area contributed by atoms with Crippen molar-refractivity contribution in [2.24, 2.45) is 5.41 Å². The van der Waals surface area contributed by atoms with Crippen LogP contribution in [0, 0.1) is 5.41 Å². The molecule has 0 aromatic heterocycles. The maximum atomic E-state index is 10.1. The topological polar surface area (TPSA) is 95.8 Å². The van der Waals surface area contributed by atoms with Gasteiger partial charge in [-0.05, 0) is 78.6 Å². The van der Waals surface area contributed by atoms with Gasteiger partial charge in [-0.15, -0.1) is 0 Å². The smallest absolute Gasteiger partial charge is 0.101 e. The number of aliphatic hydroxyl groups excluding tert-OH is 2. The van der Waals surface area contributed by atoms with Crippen LogP contribution in [-0.4, -0.2) is 99.2 Å². The Morgan fingerprint density at radius 3 is 1.76 bits per heavy atom. The highest BCUT2D eigenvalue weighted by Crippen LogP contribution is 2.42. The Hall–Kier alpha value is -0.320. The van der Waals surface area contributed by atoms with Crippen LogP contribution >= 0.6 is 0 Å². The first-order chi connectivity index (χ1) is 19.4. The van der Waals surface area contributed by atoms with Crippen molar-refractivity contribution in [3.05, 3.63) is 0 Å². The van der Waals surface area contributed by atoms with Gasteiger partial charge in [-0.1, -0.05) is 41.5 Å². The van der Waals surface area contributed by atoms with Crippen LogP contribution in [0.2, 0.25) is 0 Å². The van der Waals surface area contributed by atoms with E-state index in [1.54, 1.807) is 0 Å². The molecule has 41 heavy (non-hydrogen) atoms. The van der Waals surface area contributed by atoms with Crippen LogP contribution in [0.25, 0.3) is 0 Å². The summed E-state index contributed by atoms with van der Waals surface area (Å²) in [6.45, 7) is 24.6. The van der Waals surface area contributed by atoms with Gasteiger partial charge in [0.25, 0.3) is 0 Å². The zero-order valence-electron chi connectivity index (χ0n) is 28.4. The second-order valence-corrected chi connectivity index (χ2v) is 12.4. The number of unbranched alkanes of at least 4 members (excludes halogenated alkanes) is 1. The fourth-order valence-electron chi connectivity index (χ4n) is 4.54. The van der Waals surface area contributed by atoms with Gasteiger partial charge in [0.05, 0.1) is 56.4 Å². The molecular weight excluding hydrogens is 524 g/mol. The third-order valence-corrected chi connectivity index (χ3v) is 9.14. The molecule has 0 heterocycles. The van der Waals surface area contributed by atoms with Crippen molar-refractivity contribution in [3.63, 3.8) is 0 Å². The van der Waals surface area contributed by atoms with E-state index in [0.717, 1.165) is 58.0 Å². The summed E-state index contributed by atoms with van der Waals surface area (Å²) >= 11 is 0. The van der Waals surface area contributed by atoms with E-state index < -0.39 is 6.10 Å². The van der Waals surface area contributed by atoms with Gasteiger partial charge < -0.3 is 38.6 Å². The molecule has 0 aliphatic heterocycles. The minimum absolute atomic E-state index is 0.166. The van der Waals surface area contributed by atoms with Gasteiger partial charge in [0.1, 0.15) is 6.10 Å². The van der Waals surface area contributed by atoms with Crippen LogP contribution in [0.3, 0.4) is 0 Å². The average molecular weight is 593 g/mol. The summed E-state index contributed by atoms with van der Waals surface area (Å²) in [5, 5.41) is 18.9. The lowest BCUT2D eigenvalue weighted by Gasteiger charge is -2.47. The van der Waals surface area contributed by atoms with E-state index in [9.17, 15) is 5.11 Å². The Morgan fingerprint density at radius 1 is 0.585 bits per heavy atom. The monoisotopic (exact) mass is 592 g/mol. The SMILES string of the molecule is CCCOCCOC(C)(CC)CCOC(C)(CC)C(C)(CC)COC(C)(CC)CCOCC(O)COCCCCO. The molecule has 5 atom stereocenters. The molecule has 248 valence electrons. The lowest BCUT2D eigenvalue weighted by atomic mass is 9.71. The Morgan fingerprint density at radius 2 is 1.20 bits per heavy atom. The normalized spacial score (nSPS) is 18.8. The zero-order chi connectivity index (χ0) is 31.3. The van der Waals surface area contributed by atoms with E-state index in [2.05, 4.69) is 62.3 Å². The van der Waals surface area contributed by atoms with Crippen LogP contribution in [0.4, 0.5) is 0 Å². The van der Waals surface area contributed by atoms with E-state index in [1.165, 1.54) is 0 Å². The van der Waals surface area contributed by atoms with Gasteiger partial charge in [-0.3, -0.25) is 0 Å². The third kappa shape index (κ3) is 16.4. The number of hydrogen-bond acceptors (Lipinski definition) is 8. The molecule has 0 spiro atoms. The van der Waals surface area contributed by atoms with Crippen LogP contribution in [-0.2, 0) is 28.4 Å². The number of hydrogen-bond donors (Lipinski definition) is 2. The van der Waals surface area contributed by atoms with Gasteiger partial charge in [0.2, 0.25) is 0 Å². The number of ether oxygens (including phenoxy) is 6. The van der Waals surface area contributed by atoms with Crippen molar-refractivity contribution in [1.82, 2.24) is 0 Å². The van der Waals surface area contributed by atoms with Gasteiger partial charge in [-0.2, -0.15) is 0 Å². The molecule has 0 saturated heterocycles. The van der Waals surface area contributed by atoms with Gasteiger partial charge in [0.15, 0.2) is 0 Å². The Kier molecular flexibility index (Phi) is 22.1. The van der Waals surface area contributed by atoms with Crippen LogP contribution < -0.4 is 0 Å². The molecule has 0 bridgehead atoms. The lowest BCUT2D eigenvalue weighted by molar-refractivity contribution is -0.181. The summed E-state index contributed by atoms with van der Waals surface area (Å²) < 4.78 is 36.3. The molecule has 8 nitrogen and oxygen atoms in total. The molecule has 5 unspecified atom stereocenters. The average Bonchev–Trinajstić information content (AvgIpc) is 2.97. The molecule has 8 heteroatoms. The summed E-state index contributed by atoms with van der Waals surface area (Å²) in [5.74, 6) is 0. The van der Waals surface area contributed by atoms with Crippen molar-refractivity contribution in [1.29, 1.82) is 0 Å². The molecule has 0 aromatic rings. The van der Waals surface area contributed by atoms with Crippen LogP contribution in [0.15, 0.2) is 0 Å². The molecule has 0 fully saturated rings. The molecule has 2 N–H and O–H groups in total. The van der Waals surface area contributed by atoms with Gasteiger partial charge in [0, 0.05) is 31.8 Å². The Labute approximate surface area is 253 Å². The van der Waals surface area contributed by atoms with Crippen molar-refractivity contribution in [2.75, 3.05) is 66.1 Å². The predicted octanol–water partition coefficient (Wildman–Crippen LogP) is 6.33. The summed E-state index contributed by atoms with van der Waals surface area (Å²) in [6.07, 6.45) is 7.06. The van der Waals surface area contributed by atoms with Gasteiger partial charge >= 0.3 is 0 Å². The second kappa shape index (κ2) is 22.2. The maximum Gasteiger partial charge on any atom is 0.101 e. The summed E-state index contributed by atoms with van der Waals surface area (Å²) in [6, 6.07) is 0. The van der Waals surface area contributed by atoms with Crippen molar-refractivity contribution in [3.8, 4) is 0 Å². The molecular formula is C33H68O8. The predicted molar refractivity (Wildman–Crippen MR) is 167 cm³/mol. The minimum atomic E-state index is -0.655. The number of aliphatic hydroxyl groups is 2. The first-order valence-corrected chi connectivity index (χ1v) is 16.4. The molecule has 0 amide bonds. The Bertz CT molecular complexity index is 622. The van der Waals surface area contributed by atoms with E-state index in [-0.39, 0.29) is 42.0 Å². The Balaban J connectivity index is 4.84. The lowest BCUT2D eigenvalue weighted by Crippen LogP contribution is -2.50. The highest BCUT2D eigenvalue weighted by atomic mass is 16.5.